The van der Waals surface area contributed by atoms with Gasteiger partial charge in [-0.3, -0.25) is 4.79 Å². The van der Waals surface area contributed by atoms with Crippen LogP contribution in [0.2, 0.25) is 5.15 Å². The Hall–Kier alpha value is -2.15. The number of carbonyl (C=O) groups excluding carboxylic acids is 1. The molecule has 142 valence electrons. The number of alkyl halides is 2. The van der Waals surface area contributed by atoms with Crippen molar-refractivity contribution < 1.29 is 18.3 Å². The van der Waals surface area contributed by atoms with Gasteiger partial charge in [-0.15, -0.1) is 0 Å². The molecule has 2 N–H and O–H groups in total. The van der Waals surface area contributed by atoms with E-state index in [-0.39, 0.29) is 5.91 Å². The summed E-state index contributed by atoms with van der Waals surface area (Å²) in [6.07, 6.45) is 3.12. The number of nitrogens with zero attached hydrogens (tertiary/aromatic N) is 2. The van der Waals surface area contributed by atoms with Crippen molar-refractivity contribution >= 4 is 17.5 Å². The summed E-state index contributed by atoms with van der Waals surface area (Å²) in [4.78, 5) is 18.1. The molecule has 0 bridgehead atoms. The largest absolute Gasteiger partial charge is 0.492 e. The summed E-state index contributed by atoms with van der Waals surface area (Å²) in [6.45, 7) is 5.50. The average Bonchev–Trinajstić information content (AvgIpc) is 2.89. The maximum Gasteiger partial charge on any atom is 0.278 e. The van der Waals surface area contributed by atoms with E-state index in [1.54, 1.807) is 37.8 Å². The molecule has 1 aliphatic rings. The van der Waals surface area contributed by atoms with Crippen LogP contribution >= 0.6 is 11.6 Å². The monoisotopic (exact) mass is 385 g/mol. The van der Waals surface area contributed by atoms with Gasteiger partial charge in [0.25, 0.3) is 11.8 Å². The standard InChI is InChI=1S/C18H22ClF2N3O2/c1-10(12(3)26-9-18(4,20)21)7-15(22)11(2)24-8-14-13(17(24)25)5-6-23-16(14)19/h5-7,11H,8-9,22H2,1-4H3/b12-10+,15-7-. The predicted molar refractivity (Wildman–Crippen MR) is 95.8 cm³/mol. The minimum absolute atomic E-state index is 0.173. The molecule has 0 saturated carbocycles. The minimum atomic E-state index is -2.91. The Kier molecular flexibility index (Phi) is 5.91. The molecule has 1 aromatic heterocycles. The number of nitrogens with two attached hydrogens (primary N) is 1. The van der Waals surface area contributed by atoms with Gasteiger partial charge in [0.2, 0.25) is 0 Å². The lowest BCUT2D eigenvalue weighted by atomic mass is 10.1. The van der Waals surface area contributed by atoms with Crippen molar-refractivity contribution in [2.45, 2.75) is 46.2 Å². The van der Waals surface area contributed by atoms with Crippen LogP contribution < -0.4 is 5.73 Å². The number of allylic oxidation sites excluding steroid dienone is 3. The Morgan fingerprint density at radius 2 is 2.19 bits per heavy atom. The third-order valence-corrected chi connectivity index (χ3v) is 4.58. The first-order valence-corrected chi connectivity index (χ1v) is 8.48. The first-order valence-electron chi connectivity index (χ1n) is 8.10. The van der Waals surface area contributed by atoms with Gasteiger partial charge in [0.1, 0.15) is 5.15 Å². The van der Waals surface area contributed by atoms with Gasteiger partial charge >= 0.3 is 0 Å². The van der Waals surface area contributed by atoms with Gasteiger partial charge in [-0.05, 0) is 38.5 Å². The number of amides is 1. The smallest absolute Gasteiger partial charge is 0.278 e. The van der Waals surface area contributed by atoms with Gasteiger partial charge in [-0.2, -0.15) is 0 Å². The van der Waals surface area contributed by atoms with Gasteiger partial charge < -0.3 is 15.4 Å². The van der Waals surface area contributed by atoms with E-state index in [0.29, 0.717) is 39.9 Å². The first kappa shape index (κ1) is 20.2. The molecule has 0 saturated heterocycles. The molecule has 0 radical (unpaired) electrons. The topological polar surface area (TPSA) is 68.5 Å². The Bertz CT molecular complexity index is 772. The third kappa shape index (κ3) is 4.52. The molecule has 2 rings (SSSR count). The highest BCUT2D eigenvalue weighted by molar-refractivity contribution is 6.30. The number of pyridine rings is 1. The van der Waals surface area contributed by atoms with Crippen molar-refractivity contribution in [1.29, 1.82) is 0 Å². The summed E-state index contributed by atoms with van der Waals surface area (Å²) < 4.78 is 30.9. The molecule has 0 spiro atoms. The normalized spacial score (nSPS) is 17.1. The molecule has 1 aliphatic heterocycles. The first-order chi connectivity index (χ1) is 12.0. The van der Waals surface area contributed by atoms with Gasteiger partial charge in [0, 0.05) is 29.9 Å². The summed E-state index contributed by atoms with van der Waals surface area (Å²) in [7, 11) is 0. The number of fused-ring (bicyclic) bond motifs is 1. The van der Waals surface area contributed by atoms with E-state index in [4.69, 9.17) is 22.1 Å². The summed E-state index contributed by atoms with van der Waals surface area (Å²) in [5, 5.41) is 0.300. The summed E-state index contributed by atoms with van der Waals surface area (Å²) in [5.74, 6) is -2.73. The molecule has 0 aromatic carbocycles. The zero-order valence-corrected chi connectivity index (χ0v) is 15.9. The second-order valence-electron chi connectivity index (χ2n) is 6.48. The Morgan fingerprint density at radius 3 is 2.77 bits per heavy atom. The van der Waals surface area contributed by atoms with E-state index >= 15 is 0 Å². The van der Waals surface area contributed by atoms with Crippen LogP contribution in [0.15, 0.2) is 35.4 Å². The van der Waals surface area contributed by atoms with Crippen LogP contribution in [0.4, 0.5) is 8.78 Å². The minimum Gasteiger partial charge on any atom is -0.492 e. The highest BCUT2D eigenvalue weighted by Gasteiger charge is 2.33. The summed E-state index contributed by atoms with van der Waals surface area (Å²) in [6, 6.07) is 1.23. The molecule has 1 aromatic rings. The molecular weight excluding hydrogens is 364 g/mol. The number of halogens is 3. The summed E-state index contributed by atoms with van der Waals surface area (Å²) in [5.41, 5.74) is 8.35. The van der Waals surface area contributed by atoms with Crippen molar-refractivity contribution in [2.75, 3.05) is 6.61 Å². The van der Waals surface area contributed by atoms with Crippen molar-refractivity contribution in [3.05, 3.63) is 51.6 Å². The molecule has 1 amide bonds. The molecule has 1 atom stereocenters. The molecule has 8 heteroatoms. The Labute approximate surface area is 156 Å². The predicted octanol–water partition coefficient (Wildman–Crippen LogP) is 3.89. The van der Waals surface area contributed by atoms with E-state index in [1.807, 2.05) is 0 Å². The number of rotatable bonds is 6. The Balaban J connectivity index is 2.14. The Morgan fingerprint density at radius 1 is 1.54 bits per heavy atom. The number of aromatic nitrogens is 1. The van der Waals surface area contributed by atoms with Gasteiger partial charge in [0.05, 0.1) is 18.3 Å². The van der Waals surface area contributed by atoms with Crippen molar-refractivity contribution in [1.82, 2.24) is 9.88 Å². The second-order valence-corrected chi connectivity index (χ2v) is 6.84. The van der Waals surface area contributed by atoms with Gasteiger partial charge in [-0.1, -0.05) is 11.6 Å². The molecule has 0 fully saturated rings. The fourth-order valence-corrected chi connectivity index (χ4v) is 2.75. The van der Waals surface area contributed by atoms with E-state index in [1.165, 1.54) is 6.20 Å². The zero-order valence-electron chi connectivity index (χ0n) is 15.1. The fourth-order valence-electron chi connectivity index (χ4n) is 2.53. The number of ether oxygens (including phenoxy) is 1. The highest BCUT2D eigenvalue weighted by Crippen LogP contribution is 2.30. The molecule has 2 heterocycles. The maximum absolute atomic E-state index is 12.9. The van der Waals surface area contributed by atoms with E-state index in [0.717, 1.165) is 6.92 Å². The molecule has 5 nitrogen and oxygen atoms in total. The van der Waals surface area contributed by atoms with Crippen LogP contribution in [0.3, 0.4) is 0 Å². The number of carbonyl (C=O) groups is 1. The third-order valence-electron chi connectivity index (χ3n) is 4.25. The van der Waals surface area contributed by atoms with Crippen molar-refractivity contribution in [3.63, 3.8) is 0 Å². The van der Waals surface area contributed by atoms with Crippen LogP contribution in [-0.2, 0) is 11.3 Å². The zero-order chi connectivity index (χ0) is 19.6. The van der Waals surface area contributed by atoms with Crippen molar-refractivity contribution in [2.24, 2.45) is 5.73 Å². The summed E-state index contributed by atoms with van der Waals surface area (Å²) >= 11 is 6.06. The van der Waals surface area contributed by atoms with Crippen molar-refractivity contribution in [3.8, 4) is 0 Å². The molecular formula is C18H22ClF2N3O2. The van der Waals surface area contributed by atoms with Gasteiger partial charge in [0.15, 0.2) is 6.61 Å². The molecule has 26 heavy (non-hydrogen) atoms. The number of hydrogen-bond donors (Lipinski definition) is 1. The molecule has 0 aliphatic carbocycles. The van der Waals surface area contributed by atoms with Crippen LogP contribution in [0, 0.1) is 0 Å². The maximum atomic E-state index is 12.9. The van der Waals surface area contributed by atoms with Crippen LogP contribution in [0.25, 0.3) is 0 Å². The fraction of sp³-hybridized carbons (Fsp3) is 0.444. The SMILES string of the molecule is CC(/C=C(\N)C(C)N1Cc2c(ccnc2Cl)C1=O)=C(/C)OCC(C)(F)F. The molecule has 1 unspecified atom stereocenters. The quantitative estimate of drug-likeness (QED) is 0.458. The number of hydrogen-bond acceptors (Lipinski definition) is 4. The second kappa shape index (κ2) is 7.61. The van der Waals surface area contributed by atoms with Crippen LogP contribution in [-0.4, -0.2) is 34.4 Å². The lowest BCUT2D eigenvalue weighted by Crippen LogP contribution is -2.37. The van der Waals surface area contributed by atoms with E-state index in [2.05, 4.69) is 4.98 Å². The highest BCUT2D eigenvalue weighted by atomic mass is 35.5. The van der Waals surface area contributed by atoms with Crippen LogP contribution in [0.5, 0.6) is 0 Å². The van der Waals surface area contributed by atoms with Crippen LogP contribution in [0.1, 0.15) is 43.6 Å². The lowest BCUT2D eigenvalue weighted by molar-refractivity contribution is -0.0438. The van der Waals surface area contributed by atoms with Gasteiger partial charge in [-0.25, -0.2) is 13.8 Å². The average molecular weight is 386 g/mol. The lowest BCUT2D eigenvalue weighted by Gasteiger charge is -2.25. The van der Waals surface area contributed by atoms with E-state index in [9.17, 15) is 13.6 Å². The van der Waals surface area contributed by atoms with E-state index < -0.39 is 18.6 Å².